The van der Waals surface area contributed by atoms with Crippen LogP contribution in [0.15, 0.2) is 0 Å². The van der Waals surface area contributed by atoms with Gasteiger partial charge in [0.2, 0.25) is 0 Å². The van der Waals surface area contributed by atoms with Gasteiger partial charge in [-0.25, -0.2) is 4.20 Å². The van der Waals surface area contributed by atoms with Crippen LogP contribution >= 0.6 is 18.8 Å². The Kier molecular flexibility index (Phi) is 5.83. The topological polar surface area (TPSA) is 0 Å². The Balaban J connectivity index is 3.41. The van der Waals surface area contributed by atoms with Crippen molar-refractivity contribution in [1.82, 2.24) is 0 Å². The second-order valence-corrected chi connectivity index (χ2v) is 4.33. The smallest absolute Gasteiger partial charge is 0.179 e. The van der Waals surface area contributed by atoms with E-state index in [1.807, 2.05) is 6.92 Å². The summed E-state index contributed by atoms with van der Waals surface area (Å²) in [6.07, 6.45) is 2.84. The van der Waals surface area contributed by atoms with E-state index in [1.54, 1.807) is 0 Å². The molecule has 9 heavy (non-hydrogen) atoms. The van der Waals surface area contributed by atoms with Gasteiger partial charge in [0.25, 0.3) is 0 Å². The predicted molar refractivity (Wildman–Crippen MR) is 42.9 cm³/mol. The molecule has 0 aliphatic heterocycles. The predicted octanol–water partition coefficient (Wildman–Crippen LogP) is 4.09. The van der Waals surface area contributed by atoms with E-state index < -0.39 is 7.58 Å². The van der Waals surface area contributed by atoms with Crippen LogP contribution in [0.4, 0.5) is 4.20 Å². The maximum absolute atomic E-state index is 12.4. The SMILES string of the molecule is CCCC(CC)P(F)Cl. The molecule has 0 saturated heterocycles. The molecule has 0 heterocycles. The first-order valence-corrected chi connectivity index (χ1v) is 5.53. The van der Waals surface area contributed by atoms with Gasteiger partial charge < -0.3 is 0 Å². The fourth-order valence-electron chi connectivity index (χ4n) is 0.773. The zero-order valence-electron chi connectivity index (χ0n) is 5.90. The molecule has 0 aromatic rings. The first-order valence-electron chi connectivity index (χ1n) is 3.33. The Bertz CT molecular complexity index is 68.1. The summed E-state index contributed by atoms with van der Waals surface area (Å²) in [4.78, 5) is 0. The molecule has 56 valence electrons. The highest BCUT2D eigenvalue weighted by Gasteiger charge is 2.15. The molecule has 0 nitrogen and oxygen atoms in total. The highest BCUT2D eigenvalue weighted by atomic mass is 35.7. The Morgan fingerprint density at radius 2 is 2.11 bits per heavy atom. The summed E-state index contributed by atoms with van der Waals surface area (Å²) in [5.74, 6) is 0. The maximum Gasteiger partial charge on any atom is 0.179 e. The van der Waals surface area contributed by atoms with E-state index in [0.717, 1.165) is 19.3 Å². The van der Waals surface area contributed by atoms with Crippen LogP contribution in [0.1, 0.15) is 33.1 Å². The van der Waals surface area contributed by atoms with Gasteiger partial charge in [0.1, 0.15) is 0 Å². The van der Waals surface area contributed by atoms with Crippen molar-refractivity contribution in [3.8, 4) is 0 Å². The number of hydrogen-bond acceptors (Lipinski definition) is 0. The van der Waals surface area contributed by atoms with E-state index in [-0.39, 0.29) is 5.66 Å². The average Bonchev–Trinajstić information content (AvgIpc) is 1.82. The van der Waals surface area contributed by atoms with Crippen LogP contribution in [0.5, 0.6) is 0 Å². The fraction of sp³-hybridized carbons (Fsp3) is 1.00. The molecule has 0 bridgehead atoms. The Morgan fingerprint density at radius 3 is 2.22 bits per heavy atom. The third kappa shape index (κ3) is 4.11. The van der Waals surface area contributed by atoms with Crippen LogP contribution in [0, 0.1) is 0 Å². The van der Waals surface area contributed by atoms with Crippen molar-refractivity contribution in [3.63, 3.8) is 0 Å². The highest BCUT2D eigenvalue weighted by molar-refractivity contribution is 7.80. The quantitative estimate of drug-likeness (QED) is 0.558. The number of halogens is 2. The van der Waals surface area contributed by atoms with Gasteiger partial charge in [-0.3, -0.25) is 0 Å². The molecule has 0 aliphatic carbocycles. The van der Waals surface area contributed by atoms with Crippen LogP contribution in [0.25, 0.3) is 0 Å². The molecule has 0 aliphatic rings. The minimum Gasteiger partial charge on any atom is -0.209 e. The van der Waals surface area contributed by atoms with Crippen LogP contribution in [0.2, 0.25) is 0 Å². The second-order valence-electron chi connectivity index (χ2n) is 2.11. The van der Waals surface area contributed by atoms with Crippen molar-refractivity contribution >= 4 is 18.8 Å². The lowest BCUT2D eigenvalue weighted by atomic mass is 10.2. The molecule has 0 N–H and O–H groups in total. The zero-order valence-corrected chi connectivity index (χ0v) is 7.55. The molecule has 0 fully saturated rings. The van der Waals surface area contributed by atoms with Crippen molar-refractivity contribution in [2.75, 3.05) is 0 Å². The molecule has 0 saturated carbocycles. The van der Waals surface area contributed by atoms with Crippen LogP contribution in [-0.2, 0) is 0 Å². The van der Waals surface area contributed by atoms with Crippen molar-refractivity contribution in [3.05, 3.63) is 0 Å². The number of rotatable bonds is 4. The molecule has 0 radical (unpaired) electrons. The minimum absolute atomic E-state index is 0.131. The van der Waals surface area contributed by atoms with E-state index in [0.29, 0.717) is 0 Å². The third-order valence-corrected chi connectivity index (χ3v) is 3.37. The Hall–Kier alpha value is 0.650. The van der Waals surface area contributed by atoms with Crippen LogP contribution in [-0.4, -0.2) is 5.66 Å². The van der Waals surface area contributed by atoms with E-state index in [2.05, 4.69) is 6.92 Å². The second kappa shape index (κ2) is 5.44. The van der Waals surface area contributed by atoms with Gasteiger partial charge in [-0.1, -0.05) is 31.5 Å². The van der Waals surface area contributed by atoms with Gasteiger partial charge >= 0.3 is 0 Å². The molecule has 0 rings (SSSR count). The van der Waals surface area contributed by atoms with Crippen LogP contribution < -0.4 is 0 Å². The average molecular weight is 171 g/mol. The van der Waals surface area contributed by atoms with Gasteiger partial charge in [0.15, 0.2) is 7.58 Å². The van der Waals surface area contributed by atoms with Crippen molar-refractivity contribution in [1.29, 1.82) is 0 Å². The largest absolute Gasteiger partial charge is 0.209 e. The molecule has 0 spiro atoms. The number of hydrogen-bond donors (Lipinski definition) is 0. The lowest BCUT2D eigenvalue weighted by Crippen LogP contribution is -1.97. The molecule has 2 atom stereocenters. The minimum atomic E-state index is -1.70. The summed E-state index contributed by atoms with van der Waals surface area (Å²) in [6.45, 7) is 4.04. The van der Waals surface area contributed by atoms with Crippen LogP contribution in [0.3, 0.4) is 0 Å². The van der Waals surface area contributed by atoms with Gasteiger partial charge in [0.05, 0.1) is 0 Å². The summed E-state index contributed by atoms with van der Waals surface area (Å²) < 4.78 is 12.4. The van der Waals surface area contributed by atoms with Gasteiger partial charge in [0, 0.05) is 5.66 Å². The molecular weight excluding hydrogens is 157 g/mol. The summed E-state index contributed by atoms with van der Waals surface area (Å²) in [5.41, 5.74) is 0.131. The van der Waals surface area contributed by atoms with E-state index in [4.69, 9.17) is 11.2 Å². The van der Waals surface area contributed by atoms with E-state index >= 15 is 0 Å². The summed E-state index contributed by atoms with van der Waals surface area (Å²) >= 11 is 5.32. The van der Waals surface area contributed by atoms with Gasteiger partial charge in [-0.05, 0) is 12.8 Å². The van der Waals surface area contributed by atoms with Gasteiger partial charge in [-0.2, -0.15) is 0 Å². The summed E-state index contributed by atoms with van der Waals surface area (Å²) in [6, 6.07) is 0. The molecule has 0 aromatic heterocycles. The summed E-state index contributed by atoms with van der Waals surface area (Å²) in [5, 5.41) is 0. The maximum atomic E-state index is 12.4. The van der Waals surface area contributed by atoms with E-state index in [9.17, 15) is 4.20 Å². The standard InChI is InChI=1S/C6H13ClFP/c1-3-5-6(4-2)9(7)8/h6H,3-5H2,1-2H3. The monoisotopic (exact) mass is 170 g/mol. The van der Waals surface area contributed by atoms with Crippen molar-refractivity contribution in [2.24, 2.45) is 0 Å². The highest BCUT2D eigenvalue weighted by Crippen LogP contribution is 2.50. The molecule has 0 aromatic carbocycles. The summed E-state index contributed by atoms with van der Waals surface area (Å²) in [7, 11) is -1.70. The molecular formula is C6H13ClFP. The third-order valence-electron chi connectivity index (χ3n) is 1.37. The Morgan fingerprint density at radius 1 is 1.56 bits per heavy atom. The normalized spacial score (nSPS) is 17.3. The molecule has 0 amide bonds. The van der Waals surface area contributed by atoms with E-state index in [1.165, 1.54) is 0 Å². The van der Waals surface area contributed by atoms with Crippen molar-refractivity contribution in [2.45, 2.75) is 38.8 Å². The zero-order chi connectivity index (χ0) is 7.28. The van der Waals surface area contributed by atoms with Gasteiger partial charge in [-0.15, -0.1) is 0 Å². The first kappa shape index (κ1) is 9.65. The fourth-order valence-corrected chi connectivity index (χ4v) is 2.21. The molecule has 2 unspecified atom stereocenters. The lowest BCUT2D eigenvalue weighted by molar-refractivity contribution is 0.689. The molecule has 3 heteroatoms. The first-order chi connectivity index (χ1) is 4.22. The lowest BCUT2D eigenvalue weighted by Gasteiger charge is -2.10. The van der Waals surface area contributed by atoms with Crippen molar-refractivity contribution < 1.29 is 4.20 Å². The Labute approximate surface area is 62.4 Å².